The second kappa shape index (κ2) is 7.55. The first kappa shape index (κ1) is 17.9. The molecule has 2 aromatic heterocycles. The Morgan fingerprint density at radius 1 is 1.19 bits per heavy atom. The Labute approximate surface area is 156 Å². The van der Waals surface area contributed by atoms with Gasteiger partial charge in [0.05, 0.1) is 11.1 Å². The van der Waals surface area contributed by atoms with Gasteiger partial charge in [0.15, 0.2) is 17.2 Å². The highest BCUT2D eigenvalue weighted by Crippen LogP contribution is 2.19. The van der Waals surface area contributed by atoms with E-state index >= 15 is 0 Å². The fourth-order valence-corrected chi connectivity index (χ4v) is 2.44. The Hall–Kier alpha value is -2.90. The molecule has 0 radical (unpaired) electrons. The van der Waals surface area contributed by atoms with Gasteiger partial charge < -0.3 is 14.5 Å². The van der Waals surface area contributed by atoms with Gasteiger partial charge in [-0.15, -0.1) is 0 Å². The number of aromatic nitrogens is 1. The molecule has 3 aromatic rings. The molecule has 0 spiro atoms. The van der Waals surface area contributed by atoms with Gasteiger partial charge in [0, 0.05) is 17.3 Å². The van der Waals surface area contributed by atoms with E-state index in [1.165, 1.54) is 24.4 Å². The van der Waals surface area contributed by atoms with E-state index < -0.39 is 23.9 Å². The molecule has 3 rings (SSSR count). The highest BCUT2D eigenvalue weighted by Gasteiger charge is 2.16. The molecule has 0 atom stereocenters. The number of pyridine rings is 1. The van der Waals surface area contributed by atoms with E-state index in [9.17, 15) is 14.4 Å². The standard InChI is InChI=1S/C17H10Cl2N2O5/c18-9-3-4-13-10(6-9)12(22)7-14(26-13)17(24)25-8-15(23)21-11-2-1-5-20-16(11)19/h1-7H,8H2,(H,21,23). The Bertz CT molecular complexity index is 1060. The molecule has 0 bridgehead atoms. The highest BCUT2D eigenvalue weighted by atomic mass is 35.5. The summed E-state index contributed by atoms with van der Waals surface area (Å²) < 4.78 is 10.2. The Balaban J connectivity index is 1.69. The highest BCUT2D eigenvalue weighted by molar-refractivity contribution is 6.32. The molecule has 26 heavy (non-hydrogen) atoms. The molecule has 0 saturated heterocycles. The topological polar surface area (TPSA) is 98.5 Å². The number of benzene rings is 1. The lowest BCUT2D eigenvalue weighted by Crippen LogP contribution is -2.21. The van der Waals surface area contributed by atoms with Crippen LogP contribution in [0.15, 0.2) is 51.8 Å². The summed E-state index contributed by atoms with van der Waals surface area (Å²) in [4.78, 5) is 39.7. The van der Waals surface area contributed by atoms with Crippen LogP contribution in [0.25, 0.3) is 11.0 Å². The van der Waals surface area contributed by atoms with Gasteiger partial charge in [-0.05, 0) is 30.3 Å². The van der Waals surface area contributed by atoms with Crippen LogP contribution in [0.4, 0.5) is 5.69 Å². The van der Waals surface area contributed by atoms with Crippen LogP contribution in [0.1, 0.15) is 10.6 Å². The van der Waals surface area contributed by atoms with E-state index in [0.29, 0.717) is 5.02 Å². The summed E-state index contributed by atoms with van der Waals surface area (Å²) in [6, 6.07) is 8.53. The quantitative estimate of drug-likeness (QED) is 0.540. The van der Waals surface area contributed by atoms with Crippen LogP contribution in [0.3, 0.4) is 0 Å². The van der Waals surface area contributed by atoms with E-state index in [0.717, 1.165) is 6.07 Å². The summed E-state index contributed by atoms with van der Waals surface area (Å²) >= 11 is 11.6. The molecule has 0 saturated carbocycles. The average molecular weight is 393 g/mol. The van der Waals surface area contributed by atoms with Gasteiger partial charge in [0.2, 0.25) is 5.76 Å². The first-order chi connectivity index (χ1) is 12.4. The Morgan fingerprint density at radius 2 is 2.00 bits per heavy atom. The molecule has 132 valence electrons. The molecule has 0 aliphatic rings. The van der Waals surface area contributed by atoms with Crippen molar-refractivity contribution in [2.45, 2.75) is 0 Å². The lowest BCUT2D eigenvalue weighted by Gasteiger charge is -2.07. The monoisotopic (exact) mass is 392 g/mol. The zero-order valence-electron chi connectivity index (χ0n) is 13.0. The summed E-state index contributed by atoms with van der Waals surface area (Å²) in [5, 5.41) is 3.15. The van der Waals surface area contributed by atoms with Gasteiger partial charge in [-0.2, -0.15) is 0 Å². The zero-order chi connectivity index (χ0) is 18.7. The third-order valence-electron chi connectivity index (χ3n) is 3.26. The van der Waals surface area contributed by atoms with Gasteiger partial charge in [0.25, 0.3) is 5.91 Å². The number of carbonyl (C=O) groups is 2. The molecule has 0 aliphatic carbocycles. The molecule has 7 nitrogen and oxygen atoms in total. The van der Waals surface area contributed by atoms with Crippen molar-refractivity contribution in [3.63, 3.8) is 0 Å². The first-order valence-electron chi connectivity index (χ1n) is 7.25. The van der Waals surface area contributed by atoms with Gasteiger partial charge in [-0.3, -0.25) is 9.59 Å². The van der Waals surface area contributed by atoms with Crippen LogP contribution in [-0.4, -0.2) is 23.5 Å². The second-order valence-electron chi connectivity index (χ2n) is 5.08. The van der Waals surface area contributed by atoms with Crippen molar-refractivity contribution < 1.29 is 18.7 Å². The summed E-state index contributed by atoms with van der Waals surface area (Å²) in [5.74, 6) is -1.90. The van der Waals surface area contributed by atoms with Gasteiger partial charge in [-0.25, -0.2) is 9.78 Å². The number of fused-ring (bicyclic) bond motifs is 1. The van der Waals surface area contributed by atoms with E-state index in [1.807, 2.05) is 0 Å². The van der Waals surface area contributed by atoms with Crippen molar-refractivity contribution in [3.8, 4) is 0 Å². The largest absolute Gasteiger partial charge is 0.450 e. The number of nitrogens with one attached hydrogen (secondary N) is 1. The van der Waals surface area contributed by atoms with E-state index in [-0.39, 0.29) is 27.6 Å². The van der Waals surface area contributed by atoms with Crippen LogP contribution in [-0.2, 0) is 9.53 Å². The second-order valence-corrected chi connectivity index (χ2v) is 5.88. The third kappa shape index (κ3) is 4.01. The van der Waals surface area contributed by atoms with Gasteiger partial charge in [0.1, 0.15) is 5.58 Å². The molecule has 1 N–H and O–H groups in total. The Kier molecular flexibility index (Phi) is 5.20. The van der Waals surface area contributed by atoms with Crippen LogP contribution >= 0.6 is 23.2 Å². The maximum absolute atomic E-state index is 12.0. The van der Waals surface area contributed by atoms with Crippen LogP contribution in [0.2, 0.25) is 10.2 Å². The average Bonchev–Trinajstić information content (AvgIpc) is 2.62. The molecule has 1 aromatic carbocycles. The first-order valence-corrected chi connectivity index (χ1v) is 8.00. The van der Waals surface area contributed by atoms with E-state index in [2.05, 4.69) is 10.3 Å². The fourth-order valence-electron chi connectivity index (χ4n) is 2.10. The minimum atomic E-state index is -0.952. The zero-order valence-corrected chi connectivity index (χ0v) is 14.5. The van der Waals surface area contributed by atoms with Crippen LogP contribution in [0.5, 0.6) is 0 Å². The van der Waals surface area contributed by atoms with Crippen molar-refractivity contribution in [1.82, 2.24) is 4.98 Å². The number of nitrogens with zero attached hydrogens (tertiary/aromatic N) is 1. The van der Waals surface area contributed by atoms with Crippen molar-refractivity contribution in [2.24, 2.45) is 0 Å². The van der Waals surface area contributed by atoms with Gasteiger partial charge in [-0.1, -0.05) is 23.2 Å². The van der Waals surface area contributed by atoms with E-state index in [4.69, 9.17) is 32.4 Å². The minimum Gasteiger partial charge on any atom is -0.450 e. The third-order valence-corrected chi connectivity index (χ3v) is 3.79. The molecule has 9 heteroatoms. The number of rotatable bonds is 4. The number of halogens is 2. The summed E-state index contributed by atoms with van der Waals surface area (Å²) in [6.45, 7) is -0.591. The Morgan fingerprint density at radius 3 is 2.77 bits per heavy atom. The van der Waals surface area contributed by atoms with Gasteiger partial charge >= 0.3 is 5.97 Å². The maximum Gasteiger partial charge on any atom is 0.374 e. The minimum absolute atomic E-state index is 0.103. The maximum atomic E-state index is 12.0. The summed E-state index contributed by atoms with van der Waals surface area (Å²) in [5.41, 5.74) is 0.0112. The van der Waals surface area contributed by atoms with Crippen LogP contribution in [0, 0.1) is 0 Å². The van der Waals surface area contributed by atoms with Crippen molar-refractivity contribution in [3.05, 3.63) is 68.8 Å². The number of hydrogen-bond acceptors (Lipinski definition) is 6. The number of ether oxygens (including phenoxy) is 1. The van der Waals surface area contributed by atoms with Crippen molar-refractivity contribution in [1.29, 1.82) is 0 Å². The summed E-state index contributed by atoms with van der Waals surface area (Å²) in [6.07, 6.45) is 1.47. The number of carbonyl (C=O) groups excluding carboxylic acids is 2. The number of anilines is 1. The molecular weight excluding hydrogens is 383 g/mol. The normalized spacial score (nSPS) is 10.5. The lowest BCUT2D eigenvalue weighted by molar-refractivity contribution is -0.119. The molecular formula is C17H10Cl2N2O5. The smallest absolute Gasteiger partial charge is 0.374 e. The number of esters is 1. The molecule has 2 heterocycles. The predicted molar refractivity (Wildman–Crippen MR) is 95.7 cm³/mol. The van der Waals surface area contributed by atoms with Crippen molar-refractivity contribution in [2.75, 3.05) is 11.9 Å². The number of amides is 1. The lowest BCUT2D eigenvalue weighted by atomic mass is 10.2. The molecule has 0 aliphatic heterocycles. The summed E-state index contributed by atoms with van der Waals surface area (Å²) in [7, 11) is 0. The molecule has 0 fully saturated rings. The predicted octanol–water partition coefficient (Wildman–Crippen LogP) is 3.29. The molecule has 0 unspecified atom stereocenters. The van der Waals surface area contributed by atoms with E-state index in [1.54, 1.807) is 12.1 Å². The number of hydrogen-bond donors (Lipinski definition) is 1. The fraction of sp³-hybridized carbons (Fsp3) is 0.0588. The van der Waals surface area contributed by atoms with Crippen LogP contribution < -0.4 is 10.7 Å². The molecule has 1 amide bonds. The SMILES string of the molecule is O=C(COC(=O)c1cc(=O)c2cc(Cl)ccc2o1)Nc1cccnc1Cl. The van der Waals surface area contributed by atoms with Crippen molar-refractivity contribution >= 4 is 51.7 Å².